The van der Waals surface area contributed by atoms with Gasteiger partial charge in [-0.3, -0.25) is 14.5 Å². The fraction of sp³-hybridized carbons (Fsp3) is 0.474. The fourth-order valence-electron chi connectivity index (χ4n) is 2.83. The van der Waals surface area contributed by atoms with Crippen LogP contribution in [0.25, 0.3) is 5.57 Å². The van der Waals surface area contributed by atoms with E-state index >= 15 is 0 Å². The van der Waals surface area contributed by atoms with E-state index in [9.17, 15) is 9.59 Å². The second-order valence-corrected chi connectivity index (χ2v) is 6.37. The van der Waals surface area contributed by atoms with Crippen LogP contribution in [-0.4, -0.2) is 36.0 Å². The molecule has 0 bridgehead atoms. The van der Waals surface area contributed by atoms with E-state index in [0.717, 1.165) is 6.42 Å². The Hall–Kier alpha value is -2.30. The quantitative estimate of drug-likeness (QED) is 0.802. The average Bonchev–Trinajstić information content (AvgIpc) is 2.55. The van der Waals surface area contributed by atoms with Gasteiger partial charge in [0.15, 0.2) is 12.5 Å². The molecule has 1 heterocycles. The van der Waals surface area contributed by atoms with Gasteiger partial charge in [-0.25, -0.2) is 0 Å². The van der Waals surface area contributed by atoms with E-state index < -0.39 is 5.54 Å². The molecule has 0 saturated carbocycles. The predicted octanol–water partition coefficient (Wildman–Crippen LogP) is 3.39. The predicted molar refractivity (Wildman–Crippen MR) is 92.4 cm³/mol. The fourth-order valence-corrected chi connectivity index (χ4v) is 2.83. The minimum Gasteiger partial charge on any atom is -0.496 e. The number of ketones is 1. The van der Waals surface area contributed by atoms with Crippen molar-refractivity contribution in [2.24, 2.45) is 0 Å². The Morgan fingerprint density at radius 1 is 1.33 bits per heavy atom. The van der Waals surface area contributed by atoms with Crippen LogP contribution in [0.5, 0.6) is 5.75 Å². The van der Waals surface area contributed by atoms with E-state index in [-0.39, 0.29) is 18.4 Å². The highest BCUT2D eigenvalue weighted by atomic mass is 16.5. The Balaban J connectivity index is 2.44. The number of carbonyl (C=O) groups is 2. The molecular formula is C19H25NO4. The van der Waals surface area contributed by atoms with Gasteiger partial charge >= 0.3 is 0 Å². The number of benzene rings is 1. The van der Waals surface area contributed by atoms with Crippen LogP contribution in [0.4, 0.5) is 0 Å². The first kappa shape index (κ1) is 18.0. The topological polar surface area (TPSA) is 55.8 Å². The maximum absolute atomic E-state index is 13.1. The van der Waals surface area contributed by atoms with E-state index in [4.69, 9.17) is 9.47 Å². The smallest absolute Gasteiger partial charge is 0.261 e. The molecule has 1 aromatic rings. The Morgan fingerprint density at radius 3 is 2.62 bits per heavy atom. The van der Waals surface area contributed by atoms with Crippen LogP contribution in [-0.2, 0) is 14.3 Å². The van der Waals surface area contributed by atoms with Gasteiger partial charge in [-0.05, 0) is 33.3 Å². The third-order valence-electron chi connectivity index (χ3n) is 4.43. The van der Waals surface area contributed by atoms with Crippen LogP contribution in [0.15, 0.2) is 30.0 Å². The van der Waals surface area contributed by atoms with E-state index in [1.807, 2.05) is 25.1 Å². The number of rotatable bonds is 6. The molecule has 130 valence electrons. The molecule has 0 fully saturated rings. The zero-order valence-electron chi connectivity index (χ0n) is 15.0. The number of amides is 1. The second kappa shape index (κ2) is 7.07. The Kier molecular flexibility index (Phi) is 5.32. The zero-order chi connectivity index (χ0) is 17.9. The standard InChI is InChI=1S/C19H25NO4/c1-6-9-16(21)19(3,4)20-12-24-13(2)17(18(20)22)14-10-7-8-11-15(14)23-5/h7-8,10-11H,6,9,12H2,1-5H3. The molecular weight excluding hydrogens is 306 g/mol. The van der Waals surface area contributed by atoms with Gasteiger partial charge in [0.2, 0.25) is 0 Å². The van der Waals surface area contributed by atoms with Gasteiger partial charge < -0.3 is 9.47 Å². The molecule has 0 radical (unpaired) electrons. The molecule has 0 spiro atoms. The molecule has 0 aromatic heterocycles. The summed E-state index contributed by atoms with van der Waals surface area (Å²) in [6.07, 6.45) is 1.18. The highest BCUT2D eigenvalue weighted by molar-refractivity contribution is 6.22. The van der Waals surface area contributed by atoms with Gasteiger partial charge in [0, 0.05) is 12.0 Å². The molecule has 0 unspecified atom stereocenters. The van der Waals surface area contributed by atoms with E-state index in [1.165, 1.54) is 4.90 Å². The molecule has 1 amide bonds. The second-order valence-electron chi connectivity index (χ2n) is 6.37. The molecule has 5 nitrogen and oxygen atoms in total. The van der Waals surface area contributed by atoms with Crippen LogP contribution >= 0.6 is 0 Å². The minimum absolute atomic E-state index is 0.0286. The monoisotopic (exact) mass is 331 g/mol. The van der Waals surface area contributed by atoms with Crippen molar-refractivity contribution in [2.45, 2.75) is 46.1 Å². The molecule has 5 heteroatoms. The van der Waals surface area contributed by atoms with Gasteiger partial charge in [0.05, 0.1) is 18.2 Å². The summed E-state index contributed by atoms with van der Waals surface area (Å²) in [6.45, 7) is 7.33. The molecule has 0 saturated heterocycles. The number of ether oxygens (including phenoxy) is 2. The Morgan fingerprint density at radius 2 is 2.00 bits per heavy atom. The first-order valence-corrected chi connectivity index (χ1v) is 8.16. The summed E-state index contributed by atoms with van der Waals surface area (Å²) in [5.74, 6) is 0.960. The van der Waals surface area contributed by atoms with Crippen molar-refractivity contribution in [1.29, 1.82) is 0 Å². The molecule has 24 heavy (non-hydrogen) atoms. The number of hydrogen-bond acceptors (Lipinski definition) is 4. The normalized spacial score (nSPS) is 15.4. The summed E-state index contributed by atoms with van der Waals surface area (Å²) in [5, 5.41) is 0. The van der Waals surface area contributed by atoms with Crippen molar-refractivity contribution in [3.8, 4) is 5.75 Å². The largest absolute Gasteiger partial charge is 0.496 e. The van der Waals surface area contributed by atoms with Gasteiger partial charge in [-0.1, -0.05) is 25.1 Å². The first-order valence-electron chi connectivity index (χ1n) is 8.16. The zero-order valence-corrected chi connectivity index (χ0v) is 15.0. The maximum Gasteiger partial charge on any atom is 0.261 e. The summed E-state index contributed by atoms with van der Waals surface area (Å²) >= 11 is 0. The van der Waals surface area contributed by atoms with Crippen molar-refractivity contribution in [1.82, 2.24) is 4.90 Å². The van der Waals surface area contributed by atoms with Crippen molar-refractivity contribution >= 4 is 17.3 Å². The van der Waals surface area contributed by atoms with E-state index in [0.29, 0.717) is 29.1 Å². The molecule has 1 aliphatic rings. The maximum atomic E-state index is 13.1. The van der Waals surface area contributed by atoms with Gasteiger partial charge in [-0.15, -0.1) is 0 Å². The summed E-state index contributed by atoms with van der Waals surface area (Å²) in [4.78, 5) is 27.1. The Labute approximate surface area is 143 Å². The van der Waals surface area contributed by atoms with E-state index in [1.54, 1.807) is 33.9 Å². The van der Waals surface area contributed by atoms with Crippen LogP contribution < -0.4 is 4.74 Å². The van der Waals surface area contributed by atoms with Crippen molar-refractivity contribution < 1.29 is 19.1 Å². The number of allylic oxidation sites excluding steroid dienone is 1. The van der Waals surface area contributed by atoms with Gasteiger partial charge in [-0.2, -0.15) is 0 Å². The summed E-state index contributed by atoms with van der Waals surface area (Å²) < 4.78 is 11.1. The summed E-state index contributed by atoms with van der Waals surface area (Å²) in [7, 11) is 1.56. The van der Waals surface area contributed by atoms with Crippen LogP contribution in [0.3, 0.4) is 0 Å². The third kappa shape index (κ3) is 3.16. The molecule has 2 rings (SSSR count). The number of nitrogens with zero attached hydrogens (tertiary/aromatic N) is 1. The number of methoxy groups -OCH3 is 1. The summed E-state index contributed by atoms with van der Waals surface area (Å²) in [5.41, 5.74) is 0.197. The van der Waals surface area contributed by atoms with Crippen molar-refractivity contribution in [3.05, 3.63) is 35.6 Å². The minimum atomic E-state index is -0.916. The Bertz CT molecular complexity index is 676. The lowest BCUT2D eigenvalue weighted by Gasteiger charge is -2.40. The highest BCUT2D eigenvalue weighted by Crippen LogP contribution is 2.35. The van der Waals surface area contributed by atoms with E-state index in [2.05, 4.69) is 0 Å². The SMILES string of the molecule is CCCC(=O)C(C)(C)N1COC(C)=C(c2ccccc2OC)C1=O. The van der Waals surface area contributed by atoms with Gasteiger partial charge in [0.1, 0.15) is 11.5 Å². The number of Topliss-reactive ketones (excluding diaryl/α,β-unsaturated/α-hetero) is 1. The number of carbonyl (C=O) groups excluding carboxylic acids is 2. The average molecular weight is 331 g/mol. The summed E-state index contributed by atoms with van der Waals surface area (Å²) in [6, 6.07) is 7.31. The van der Waals surface area contributed by atoms with Crippen LogP contribution in [0.2, 0.25) is 0 Å². The first-order chi connectivity index (χ1) is 11.3. The lowest BCUT2D eigenvalue weighted by molar-refractivity contribution is -0.148. The molecule has 0 N–H and O–H groups in total. The van der Waals surface area contributed by atoms with Crippen molar-refractivity contribution in [3.63, 3.8) is 0 Å². The molecule has 1 aromatic carbocycles. The van der Waals surface area contributed by atoms with Crippen LogP contribution in [0, 0.1) is 0 Å². The lowest BCUT2D eigenvalue weighted by atomic mass is 9.91. The third-order valence-corrected chi connectivity index (χ3v) is 4.43. The number of para-hydroxylation sites is 1. The molecule has 0 atom stereocenters. The van der Waals surface area contributed by atoms with Crippen LogP contribution in [0.1, 0.15) is 46.1 Å². The van der Waals surface area contributed by atoms with Crippen molar-refractivity contribution in [2.75, 3.05) is 13.8 Å². The molecule has 1 aliphatic heterocycles. The lowest BCUT2D eigenvalue weighted by Crippen LogP contribution is -2.55. The number of hydrogen-bond donors (Lipinski definition) is 0. The molecule has 0 aliphatic carbocycles. The highest BCUT2D eigenvalue weighted by Gasteiger charge is 2.41. The van der Waals surface area contributed by atoms with Gasteiger partial charge in [0.25, 0.3) is 5.91 Å².